The van der Waals surface area contributed by atoms with E-state index in [0.29, 0.717) is 12.5 Å². The second-order valence-corrected chi connectivity index (χ2v) is 6.10. The number of carbonyl (C=O) groups is 1. The van der Waals surface area contributed by atoms with Gasteiger partial charge in [0.05, 0.1) is 13.2 Å². The number of hydrogen-bond acceptors (Lipinski definition) is 3. The third-order valence-electron chi connectivity index (χ3n) is 4.34. The van der Waals surface area contributed by atoms with E-state index in [2.05, 4.69) is 10.2 Å². The molecule has 1 atom stereocenters. The molecule has 2 aliphatic rings. The summed E-state index contributed by atoms with van der Waals surface area (Å²) in [5.41, 5.74) is 0.884. The van der Waals surface area contributed by atoms with Crippen LogP contribution in [0.15, 0.2) is 30.3 Å². The fourth-order valence-corrected chi connectivity index (χ4v) is 2.99. The highest BCUT2D eigenvalue weighted by Gasteiger charge is 2.30. The maximum Gasteiger partial charge on any atom is 0.225 e. The van der Waals surface area contributed by atoms with E-state index in [1.54, 1.807) is 0 Å². The largest absolute Gasteiger partial charge is 0.379 e. The summed E-state index contributed by atoms with van der Waals surface area (Å²) in [7, 11) is 0. The minimum absolute atomic E-state index is 0.123. The van der Waals surface area contributed by atoms with Gasteiger partial charge in [-0.05, 0) is 24.5 Å². The van der Waals surface area contributed by atoms with Gasteiger partial charge in [-0.1, -0.05) is 31.0 Å². The average Bonchev–Trinajstić information content (AvgIpc) is 3.32. The molecule has 1 saturated heterocycles. The van der Waals surface area contributed by atoms with Crippen molar-refractivity contribution in [2.24, 2.45) is 5.92 Å². The molecular weight excluding hydrogens is 264 g/mol. The van der Waals surface area contributed by atoms with Gasteiger partial charge in [-0.25, -0.2) is 0 Å². The Morgan fingerprint density at radius 3 is 2.62 bits per heavy atom. The molecule has 2 fully saturated rings. The van der Waals surface area contributed by atoms with Gasteiger partial charge in [0.1, 0.15) is 0 Å². The number of anilines is 1. The van der Waals surface area contributed by atoms with Crippen LogP contribution in [0.25, 0.3) is 0 Å². The number of amides is 1. The molecule has 3 rings (SSSR count). The first-order chi connectivity index (χ1) is 10.3. The lowest BCUT2D eigenvalue weighted by atomic mass is 10.0. The van der Waals surface area contributed by atoms with Crippen molar-refractivity contribution in [2.75, 3.05) is 31.6 Å². The molecule has 1 amide bonds. The minimum Gasteiger partial charge on any atom is -0.379 e. The Balaban J connectivity index is 1.56. The van der Waals surface area contributed by atoms with Crippen molar-refractivity contribution in [3.05, 3.63) is 30.3 Å². The molecule has 1 aliphatic heterocycles. The zero-order valence-corrected chi connectivity index (χ0v) is 12.5. The van der Waals surface area contributed by atoms with E-state index < -0.39 is 0 Å². The molecule has 4 heteroatoms. The molecule has 0 bridgehead atoms. The fourth-order valence-electron chi connectivity index (χ4n) is 2.99. The van der Waals surface area contributed by atoms with E-state index in [1.165, 1.54) is 12.8 Å². The Morgan fingerprint density at radius 1 is 1.24 bits per heavy atom. The van der Waals surface area contributed by atoms with Crippen molar-refractivity contribution >= 4 is 11.6 Å². The molecule has 1 aromatic rings. The normalized spacial score (nSPS) is 21.0. The highest BCUT2D eigenvalue weighted by Crippen LogP contribution is 2.35. The average molecular weight is 288 g/mol. The molecule has 21 heavy (non-hydrogen) atoms. The van der Waals surface area contributed by atoms with Crippen LogP contribution in [0.5, 0.6) is 0 Å². The summed E-state index contributed by atoms with van der Waals surface area (Å²) >= 11 is 0. The maximum atomic E-state index is 12.3. The first kappa shape index (κ1) is 14.5. The fraction of sp³-hybridized carbons (Fsp3) is 0.588. The van der Waals surface area contributed by atoms with Crippen LogP contribution in [-0.2, 0) is 9.53 Å². The van der Waals surface area contributed by atoms with Crippen LogP contribution >= 0.6 is 0 Å². The Labute approximate surface area is 126 Å². The first-order valence-corrected chi connectivity index (χ1v) is 7.98. The second kappa shape index (κ2) is 7.05. The quantitative estimate of drug-likeness (QED) is 0.874. The van der Waals surface area contributed by atoms with Crippen molar-refractivity contribution in [3.63, 3.8) is 0 Å². The van der Waals surface area contributed by atoms with Crippen molar-refractivity contribution in [3.8, 4) is 0 Å². The SMILES string of the molecule is O=C(C[C@@H](CC1CC1)N1CCOCC1)Nc1ccccc1. The van der Waals surface area contributed by atoms with Crippen LogP contribution in [-0.4, -0.2) is 43.2 Å². The van der Waals surface area contributed by atoms with E-state index in [0.717, 1.165) is 44.3 Å². The molecule has 4 nitrogen and oxygen atoms in total. The lowest BCUT2D eigenvalue weighted by Crippen LogP contribution is -2.45. The summed E-state index contributed by atoms with van der Waals surface area (Å²) in [5, 5.41) is 3.01. The number of hydrogen-bond donors (Lipinski definition) is 1. The van der Waals surface area contributed by atoms with Gasteiger partial charge in [-0.3, -0.25) is 9.69 Å². The van der Waals surface area contributed by atoms with Crippen LogP contribution < -0.4 is 5.32 Å². The van der Waals surface area contributed by atoms with E-state index in [4.69, 9.17) is 4.74 Å². The number of morpholine rings is 1. The van der Waals surface area contributed by atoms with E-state index >= 15 is 0 Å². The Bertz CT molecular complexity index is 453. The van der Waals surface area contributed by atoms with Gasteiger partial charge in [0.2, 0.25) is 5.91 Å². The summed E-state index contributed by atoms with van der Waals surface area (Å²) in [5.74, 6) is 0.959. The summed E-state index contributed by atoms with van der Waals surface area (Å²) < 4.78 is 5.43. The zero-order valence-electron chi connectivity index (χ0n) is 12.5. The van der Waals surface area contributed by atoms with Gasteiger partial charge in [0.15, 0.2) is 0 Å². The molecular formula is C17H24N2O2. The molecule has 0 spiro atoms. The highest BCUT2D eigenvalue weighted by atomic mass is 16.5. The number of para-hydroxylation sites is 1. The number of rotatable bonds is 6. The summed E-state index contributed by atoms with van der Waals surface area (Å²) in [4.78, 5) is 14.7. The summed E-state index contributed by atoms with van der Waals surface area (Å²) in [6.07, 6.45) is 4.41. The van der Waals surface area contributed by atoms with Crippen LogP contribution in [0.2, 0.25) is 0 Å². The predicted octanol–water partition coefficient (Wildman–Crippen LogP) is 2.52. The van der Waals surface area contributed by atoms with Crippen LogP contribution in [0.3, 0.4) is 0 Å². The summed E-state index contributed by atoms with van der Waals surface area (Å²) in [6, 6.07) is 10.1. The van der Waals surface area contributed by atoms with Crippen LogP contribution in [0.4, 0.5) is 5.69 Å². The van der Waals surface area contributed by atoms with Gasteiger partial charge in [0, 0.05) is 31.2 Å². The second-order valence-electron chi connectivity index (χ2n) is 6.10. The van der Waals surface area contributed by atoms with Crippen molar-refractivity contribution in [1.82, 2.24) is 4.90 Å². The Morgan fingerprint density at radius 2 is 1.95 bits per heavy atom. The standard InChI is InChI=1S/C17H24N2O2/c20-17(18-15-4-2-1-3-5-15)13-16(12-14-6-7-14)19-8-10-21-11-9-19/h1-5,14,16H,6-13H2,(H,18,20)/t16-/m1/s1. The third kappa shape index (κ3) is 4.55. The molecule has 0 unspecified atom stereocenters. The Hall–Kier alpha value is -1.39. The molecule has 0 aromatic heterocycles. The van der Waals surface area contributed by atoms with Crippen LogP contribution in [0, 0.1) is 5.92 Å². The van der Waals surface area contributed by atoms with Crippen molar-refractivity contribution in [1.29, 1.82) is 0 Å². The number of carbonyl (C=O) groups excluding carboxylic acids is 1. The zero-order chi connectivity index (χ0) is 14.5. The van der Waals surface area contributed by atoms with Crippen LogP contribution in [0.1, 0.15) is 25.7 Å². The Kier molecular flexibility index (Phi) is 4.88. The molecule has 0 radical (unpaired) electrons. The molecule has 1 saturated carbocycles. The topological polar surface area (TPSA) is 41.6 Å². The van der Waals surface area contributed by atoms with E-state index in [-0.39, 0.29) is 5.91 Å². The van der Waals surface area contributed by atoms with E-state index in [1.807, 2.05) is 30.3 Å². The van der Waals surface area contributed by atoms with Gasteiger partial charge in [0.25, 0.3) is 0 Å². The number of nitrogens with zero attached hydrogens (tertiary/aromatic N) is 1. The number of benzene rings is 1. The minimum atomic E-state index is 0.123. The molecule has 1 aliphatic carbocycles. The van der Waals surface area contributed by atoms with E-state index in [9.17, 15) is 4.79 Å². The number of nitrogens with one attached hydrogen (secondary N) is 1. The summed E-state index contributed by atoms with van der Waals surface area (Å²) in [6.45, 7) is 3.49. The first-order valence-electron chi connectivity index (χ1n) is 7.98. The molecule has 1 N–H and O–H groups in total. The third-order valence-corrected chi connectivity index (χ3v) is 4.34. The van der Waals surface area contributed by atoms with Gasteiger partial charge in [-0.2, -0.15) is 0 Å². The van der Waals surface area contributed by atoms with Gasteiger partial charge >= 0.3 is 0 Å². The van der Waals surface area contributed by atoms with Crippen molar-refractivity contribution < 1.29 is 9.53 Å². The molecule has 1 aromatic carbocycles. The number of ether oxygens (including phenoxy) is 1. The smallest absolute Gasteiger partial charge is 0.225 e. The van der Waals surface area contributed by atoms with Gasteiger partial charge in [-0.15, -0.1) is 0 Å². The molecule has 1 heterocycles. The lowest BCUT2D eigenvalue weighted by Gasteiger charge is -2.34. The maximum absolute atomic E-state index is 12.3. The van der Waals surface area contributed by atoms with Gasteiger partial charge < -0.3 is 10.1 Å². The highest BCUT2D eigenvalue weighted by molar-refractivity contribution is 5.91. The lowest BCUT2D eigenvalue weighted by molar-refractivity contribution is -0.118. The monoisotopic (exact) mass is 288 g/mol. The predicted molar refractivity (Wildman–Crippen MR) is 83.2 cm³/mol. The van der Waals surface area contributed by atoms with Crippen molar-refractivity contribution in [2.45, 2.75) is 31.7 Å². The molecule has 114 valence electrons.